The van der Waals surface area contributed by atoms with Gasteiger partial charge in [0.25, 0.3) is 0 Å². The summed E-state index contributed by atoms with van der Waals surface area (Å²) < 4.78 is 26.1. The van der Waals surface area contributed by atoms with Gasteiger partial charge in [0.1, 0.15) is 0 Å². The van der Waals surface area contributed by atoms with Gasteiger partial charge in [0, 0.05) is 31.6 Å². The fourth-order valence-electron chi connectivity index (χ4n) is 1.54. The van der Waals surface area contributed by atoms with E-state index in [0.29, 0.717) is 4.90 Å². The molecule has 0 amide bonds. The van der Waals surface area contributed by atoms with E-state index in [1.807, 2.05) is 13.2 Å². The van der Waals surface area contributed by atoms with E-state index in [0.717, 1.165) is 11.4 Å². The number of thioether (sulfide) groups is 1. The topological polar surface area (TPSA) is 49.4 Å². The van der Waals surface area contributed by atoms with Gasteiger partial charge in [0.05, 0.1) is 4.90 Å². The number of hydrogen-bond donors (Lipinski definition) is 1. The second kappa shape index (κ2) is 6.45. The summed E-state index contributed by atoms with van der Waals surface area (Å²) in [7, 11) is 0.0358. The van der Waals surface area contributed by atoms with Crippen molar-refractivity contribution in [2.45, 2.75) is 17.9 Å². The zero-order valence-electron chi connectivity index (χ0n) is 11.2. The van der Waals surface area contributed by atoms with Crippen molar-refractivity contribution in [1.29, 1.82) is 0 Å². The molecule has 1 unspecified atom stereocenters. The second-order valence-corrected chi connectivity index (χ2v) is 7.01. The number of nitrogens with one attached hydrogen (secondary N) is 1. The van der Waals surface area contributed by atoms with Gasteiger partial charge in [0.2, 0.25) is 10.0 Å². The molecular formula is C12H20N2O2S2. The maximum absolute atomic E-state index is 12.3. The number of benzene rings is 1. The molecule has 18 heavy (non-hydrogen) atoms. The summed E-state index contributed by atoms with van der Waals surface area (Å²) in [6.07, 6.45) is 1.97. The minimum Gasteiger partial charge on any atom is -0.388 e. The molecule has 1 rings (SSSR count). The molecule has 0 saturated carbocycles. The van der Waals surface area contributed by atoms with Crippen LogP contribution in [-0.2, 0) is 10.0 Å². The Labute approximate surface area is 114 Å². The summed E-state index contributed by atoms with van der Waals surface area (Å²) in [5.41, 5.74) is 0.897. The van der Waals surface area contributed by atoms with Crippen LogP contribution in [0.25, 0.3) is 0 Å². The highest BCUT2D eigenvalue weighted by Gasteiger charge is 2.24. The maximum Gasteiger partial charge on any atom is 0.243 e. The number of hydrogen-bond acceptors (Lipinski definition) is 4. The van der Waals surface area contributed by atoms with Gasteiger partial charge >= 0.3 is 0 Å². The van der Waals surface area contributed by atoms with E-state index in [1.165, 1.54) is 4.31 Å². The third-order valence-electron chi connectivity index (χ3n) is 2.85. The van der Waals surface area contributed by atoms with E-state index in [-0.39, 0.29) is 6.04 Å². The van der Waals surface area contributed by atoms with Crippen LogP contribution in [0.1, 0.15) is 6.92 Å². The van der Waals surface area contributed by atoms with Gasteiger partial charge < -0.3 is 5.32 Å². The van der Waals surface area contributed by atoms with E-state index < -0.39 is 10.0 Å². The highest BCUT2D eigenvalue weighted by atomic mass is 32.2. The first-order chi connectivity index (χ1) is 8.43. The van der Waals surface area contributed by atoms with Crippen LogP contribution >= 0.6 is 11.8 Å². The molecule has 0 bridgehead atoms. The third kappa shape index (κ3) is 3.40. The highest BCUT2D eigenvalue weighted by Crippen LogP contribution is 2.19. The summed E-state index contributed by atoms with van der Waals surface area (Å²) in [6, 6.07) is 6.77. The van der Waals surface area contributed by atoms with Crippen molar-refractivity contribution in [2.24, 2.45) is 0 Å². The zero-order valence-corrected chi connectivity index (χ0v) is 12.8. The fourth-order valence-corrected chi connectivity index (χ4v) is 3.70. The van der Waals surface area contributed by atoms with Gasteiger partial charge in [-0.15, -0.1) is 0 Å². The molecule has 1 aromatic rings. The number of anilines is 1. The van der Waals surface area contributed by atoms with Crippen molar-refractivity contribution in [1.82, 2.24) is 4.31 Å². The van der Waals surface area contributed by atoms with Gasteiger partial charge in [-0.2, -0.15) is 16.1 Å². The molecule has 0 aliphatic heterocycles. The molecule has 4 nitrogen and oxygen atoms in total. The fraction of sp³-hybridized carbons (Fsp3) is 0.500. The predicted octanol–water partition coefficient (Wildman–Crippen LogP) is 2.10. The van der Waals surface area contributed by atoms with Gasteiger partial charge in [-0.1, -0.05) is 0 Å². The quantitative estimate of drug-likeness (QED) is 0.871. The summed E-state index contributed by atoms with van der Waals surface area (Å²) in [6.45, 7) is 1.91. The number of sulfonamides is 1. The zero-order chi connectivity index (χ0) is 13.8. The summed E-state index contributed by atoms with van der Waals surface area (Å²) >= 11 is 1.64. The Kier molecular flexibility index (Phi) is 5.49. The third-order valence-corrected chi connectivity index (χ3v) is 5.65. The van der Waals surface area contributed by atoms with Gasteiger partial charge in [-0.3, -0.25) is 0 Å². The van der Waals surface area contributed by atoms with Crippen LogP contribution < -0.4 is 5.32 Å². The average molecular weight is 288 g/mol. The van der Waals surface area contributed by atoms with Crippen LogP contribution in [0, 0.1) is 0 Å². The molecule has 0 aromatic heterocycles. The molecule has 102 valence electrons. The molecule has 0 saturated heterocycles. The lowest BCUT2D eigenvalue weighted by Crippen LogP contribution is -2.36. The molecule has 0 heterocycles. The Morgan fingerprint density at radius 1 is 1.33 bits per heavy atom. The Bertz CT molecular complexity index is 471. The van der Waals surface area contributed by atoms with Crippen molar-refractivity contribution in [3.63, 3.8) is 0 Å². The standard InChI is InChI=1S/C12H20N2O2S2/c1-10(9-17-4)14(3)18(15,16)12-7-5-11(13-2)6-8-12/h5-8,10,13H,9H2,1-4H3. The van der Waals surface area contributed by atoms with Crippen molar-refractivity contribution in [3.05, 3.63) is 24.3 Å². The van der Waals surface area contributed by atoms with E-state index in [2.05, 4.69) is 5.32 Å². The van der Waals surface area contributed by atoms with Crippen LogP contribution in [0.4, 0.5) is 5.69 Å². The number of nitrogens with zero attached hydrogens (tertiary/aromatic N) is 1. The molecule has 0 radical (unpaired) electrons. The maximum atomic E-state index is 12.3. The first-order valence-electron chi connectivity index (χ1n) is 5.68. The van der Waals surface area contributed by atoms with Crippen LogP contribution in [0.2, 0.25) is 0 Å². The van der Waals surface area contributed by atoms with Crippen molar-refractivity contribution in [3.8, 4) is 0 Å². The molecule has 1 atom stereocenters. The van der Waals surface area contributed by atoms with Crippen LogP contribution in [0.3, 0.4) is 0 Å². The molecule has 0 aliphatic carbocycles. The van der Waals surface area contributed by atoms with Crippen LogP contribution in [-0.4, -0.2) is 44.9 Å². The molecular weight excluding hydrogens is 268 g/mol. The van der Waals surface area contributed by atoms with Crippen molar-refractivity contribution >= 4 is 27.5 Å². The molecule has 1 aromatic carbocycles. The number of rotatable bonds is 6. The second-order valence-electron chi connectivity index (χ2n) is 4.10. The Balaban J connectivity index is 2.97. The lowest BCUT2D eigenvalue weighted by atomic mass is 10.3. The summed E-state index contributed by atoms with van der Waals surface area (Å²) in [5.74, 6) is 0.782. The Morgan fingerprint density at radius 3 is 2.33 bits per heavy atom. The van der Waals surface area contributed by atoms with Gasteiger partial charge in [-0.05, 0) is 37.4 Å². The van der Waals surface area contributed by atoms with Gasteiger partial charge in [-0.25, -0.2) is 8.42 Å². The summed E-state index contributed by atoms with van der Waals surface area (Å²) in [5, 5.41) is 2.97. The SMILES string of the molecule is CNc1ccc(S(=O)(=O)N(C)C(C)CSC)cc1. The monoisotopic (exact) mass is 288 g/mol. The van der Waals surface area contributed by atoms with E-state index in [9.17, 15) is 8.42 Å². The normalized spacial score (nSPS) is 13.6. The average Bonchev–Trinajstić information content (AvgIpc) is 2.38. The van der Waals surface area contributed by atoms with Crippen molar-refractivity contribution < 1.29 is 8.42 Å². The van der Waals surface area contributed by atoms with Crippen LogP contribution in [0.15, 0.2) is 29.2 Å². The molecule has 6 heteroatoms. The summed E-state index contributed by atoms with van der Waals surface area (Å²) in [4.78, 5) is 0.331. The molecule has 0 fully saturated rings. The molecule has 1 N–H and O–H groups in total. The smallest absolute Gasteiger partial charge is 0.243 e. The Hall–Kier alpha value is -0.720. The van der Waals surface area contributed by atoms with Gasteiger partial charge in [0.15, 0.2) is 0 Å². The van der Waals surface area contributed by atoms with E-state index in [4.69, 9.17) is 0 Å². The molecule has 0 spiro atoms. The largest absolute Gasteiger partial charge is 0.388 e. The molecule has 0 aliphatic rings. The lowest BCUT2D eigenvalue weighted by Gasteiger charge is -2.23. The first-order valence-corrected chi connectivity index (χ1v) is 8.51. The van der Waals surface area contributed by atoms with E-state index in [1.54, 1.807) is 50.1 Å². The first kappa shape index (κ1) is 15.3. The van der Waals surface area contributed by atoms with E-state index >= 15 is 0 Å². The van der Waals surface area contributed by atoms with Crippen molar-refractivity contribution in [2.75, 3.05) is 31.4 Å². The van der Waals surface area contributed by atoms with Crippen LogP contribution in [0.5, 0.6) is 0 Å². The lowest BCUT2D eigenvalue weighted by molar-refractivity contribution is 0.415. The minimum atomic E-state index is -3.39. The predicted molar refractivity (Wildman–Crippen MR) is 78.8 cm³/mol. The Morgan fingerprint density at radius 2 is 1.89 bits per heavy atom. The highest BCUT2D eigenvalue weighted by molar-refractivity contribution is 7.98. The minimum absolute atomic E-state index is 0.0195.